The lowest BCUT2D eigenvalue weighted by molar-refractivity contribution is -0.146. The van der Waals surface area contributed by atoms with Gasteiger partial charge in [0.1, 0.15) is 0 Å². The van der Waals surface area contributed by atoms with Gasteiger partial charge in [-0.05, 0) is 55.0 Å². The van der Waals surface area contributed by atoms with Crippen LogP contribution >= 0.6 is 0 Å². The number of piperidine rings is 1. The van der Waals surface area contributed by atoms with Gasteiger partial charge in [0.2, 0.25) is 0 Å². The molecular weight excluding hydrogens is 368 g/mol. The van der Waals surface area contributed by atoms with Crippen LogP contribution in [0.5, 0.6) is 0 Å². The first kappa shape index (κ1) is 20.5. The fourth-order valence-corrected chi connectivity index (χ4v) is 3.66. The van der Waals surface area contributed by atoms with Crippen LogP contribution in [-0.2, 0) is 9.59 Å². The number of likely N-dealkylation sites (tertiary alicyclic amines) is 1. The number of carbonyl (C=O) groups excluding carboxylic acids is 3. The number of anilines is 1. The molecule has 1 aromatic heterocycles. The van der Waals surface area contributed by atoms with E-state index >= 15 is 0 Å². The normalized spacial score (nSPS) is 18.8. The van der Waals surface area contributed by atoms with Gasteiger partial charge in [-0.3, -0.25) is 19.4 Å². The van der Waals surface area contributed by atoms with Crippen molar-refractivity contribution in [3.63, 3.8) is 0 Å². The zero-order valence-corrected chi connectivity index (χ0v) is 16.9. The number of nitrogens with one attached hydrogen (secondary N) is 2. The van der Waals surface area contributed by atoms with E-state index in [1.165, 1.54) is 6.20 Å². The second kappa shape index (κ2) is 8.86. The third kappa shape index (κ3) is 4.80. The fourth-order valence-electron chi connectivity index (χ4n) is 3.66. The largest absolute Gasteiger partial charge is 0.355 e. The first-order valence-electron chi connectivity index (χ1n) is 9.74. The Hall–Kier alpha value is -3.22. The maximum absolute atomic E-state index is 13.0. The number of hydrogen-bond acceptors (Lipinski definition) is 4. The maximum atomic E-state index is 13.0. The molecule has 0 saturated carbocycles. The average molecular weight is 394 g/mol. The minimum atomic E-state index is -0.668. The summed E-state index contributed by atoms with van der Waals surface area (Å²) in [5.41, 5.74) is 2.88. The van der Waals surface area contributed by atoms with E-state index in [-0.39, 0.29) is 11.9 Å². The summed E-state index contributed by atoms with van der Waals surface area (Å²) in [4.78, 5) is 43.0. The summed E-state index contributed by atoms with van der Waals surface area (Å²) in [5.74, 6) is -1.07. The van der Waals surface area contributed by atoms with Gasteiger partial charge in [-0.25, -0.2) is 0 Å². The van der Waals surface area contributed by atoms with Crippen molar-refractivity contribution in [1.29, 1.82) is 0 Å². The number of nitrogens with zero attached hydrogens (tertiary/aromatic N) is 2. The Morgan fingerprint density at radius 2 is 1.83 bits per heavy atom. The van der Waals surface area contributed by atoms with Crippen LogP contribution in [0.15, 0.2) is 42.7 Å². The highest BCUT2D eigenvalue weighted by Crippen LogP contribution is 2.33. The first-order valence-corrected chi connectivity index (χ1v) is 9.74. The minimum absolute atomic E-state index is 0.159. The molecule has 152 valence electrons. The Morgan fingerprint density at radius 1 is 1.10 bits per heavy atom. The molecule has 2 atom stereocenters. The molecule has 2 aromatic rings. The van der Waals surface area contributed by atoms with E-state index in [0.717, 1.165) is 24.0 Å². The van der Waals surface area contributed by atoms with Crippen molar-refractivity contribution in [3.8, 4) is 0 Å². The highest BCUT2D eigenvalue weighted by Gasteiger charge is 2.34. The van der Waals surface area contributed by atoms with Gasteiger partial charge in [0.25, 0.3) is 5.91 Å². The van der Waals surface area contributed by atoms with Gasteiger partial charge in [0.05, 0.1) is 17.9 Å². The molecule has 7 heteroatoms. The van der Waals surface area contributed by atoms with Crippen LogP contribution in [0.2, 0.25) is 0 Å². The Kier molecular flexibility index (Phi) is 6.26. The molecule has 3 amide bonds. The molecule has 7 nitrogen and oxygen atoms in total. The molecule has 0 bridgehead atoms. The number of benzene rings is 1. The van der Waals surface area contributed by atoms with Gasteiger partial charge in [-0.2, -0.15) is 0 Å². The number of hydrogen-bond donors (Lipinski definition) is 2. The molecule has 1 aliphatic heterocycles. The Labute approximate surface area is 170 Å². The molecule has 0 spiro atoms. The summed E-state index contributed by atoms with van der Waals surface area (Å²) in [6.45, 7) is 4.46. The smallest absolute Gasteiger partial charge is 0.313 e. The minimum Gasteiger partial charge on any atom is -0.355 e. The molecule has 1 fully saturated rings. The van der Waals surface area contributed by atoms with E-state index in [4.69, 9.17) is 0 Å². The Bertz CT molecular complexity index is 911. The van der Waals surface area contributed by atoms with Crippen molar-refractivity contribution in [1.82, 2.24) is 15.2 Å². The fraction of sp³-hybridized carbons (Fsp3) is 0.364. The summed E-state index contributed by atoms with van der Waals surface area (Å²) >= 11 is 0. The predicted octanol–water partition coefficient (Wildman–Crippen LogP) is 2.69. The van der Waals surface area contributed by atoms with Gasteiger partial charge in [0.15, 0.2) is 0 Å². The number of amides is 3. The Balaban J connectivity index is 1.79. The van der Waals surface area contributed by atoms with Crippen molar-refractivity contribution < 1.29 is 14.4 Å². The lowest BCUT2D eigenvalue weighted by Crippen LogP contribution is -2.46. The van der Waals surface area contributed by atoms with Crippen molar-refractivity contribution in [2.24, 2.45) is 5.92 Å². The number of aryl methyl sites for hydroxylation is 1. The maximum Gasteiger partial charge on any atom is 0.313 e. The molecule has 3 rings (SSSR count). The lowest BCUT2D eigenvalue weighted by Gasteiger charge is -2.38. The summed E-state index contributed by atoms with van der Waals surface area (Å²) in [6.07, 6.45) is 4.94. The molecule has 0 aliphatic carbocycles. The summed E-state index contributed by atoms with van der Waals surface area (Å²) < 4.78 is 0. The molecule has 2 heterocycles. The average Bonchev–Trinajstić information content (AvgIpc) is 2.72. The van der Waals surface area contributed by atoms with E-state index in [9.17, 15) is 14.4 Å². The monoisotopic (exact) mass is 394 g/mol. The quantitative estimate of drug-likeness (QED) is 0.783. The van der Waals surface area contributed by atoms with Crippen LogP contribution < -0.4 is 10.6 Å². The second-order valence-electron chi connectivity index (χ2n) is 7.56. The van der Waals surface area contributed by atoms with Crippen LogP contribution in [0.25, 0.3) is 0 Å². The highest BCUT2D eigenvalue weighted by molar-refractivity contribution is 6.39. The third-order valence-corrected chi connectivity index (χ3v) is 5.19. The summed E-state index contributed by atoms with van der Waals surface area (Å²) in [7, 11) is 1.58. The predicted molar refractivity (Wildman–Crippen MR) is 110 cm³/mol. The molecule has 2 N–H and O–H groups in total. The highest BCUT2D eigenvalue weighted by atomic mass is 16.2. The van der Waals surface area contributed by atoms with Crippen LogP contribution in [0.3, 0.4) is 0 Å². The van der Waals surface area contributed by atoms with Crippen LogP contribution in [0, 0.1) is 12.8 Å². The molecule has 1 aromatic carbocycles. The SMILES string of the molecule is CNC(=O)c1ccc(C2CC[C@H](C)CN2C(=O)C(=O)Nc2cncc(C)c2)cc1. The zero-order chi connectivity index (χ0) is 21.0. The van der Waals surface area contributed by atoms with Gasteiger partial charge < -0.3 is 15.5 Å². The summed E-state index contributed by atoms with van der Waals surface area (Å²) in [5, 5.41) is 5.25. The van der Waals surface area contributed by atoms with E-state index in [1.807, 2.05) is 19.1 Å². The topological polar surface area (TPSA) is 91.4 Å². The molecule has 1 aliphatic rings. The molecular formula is C22H26N4O3. The van der Waals surface area contributed by atoms with Crippen molar-refractivity contribution >= 4 is 23.4 Å². The van der Waals surface area contributed by atoms with Crippen LogP contribution in [0.1, 0.15) is 47.3 Å². The Morgan fingerprint density at radius 3 is 2.48 bits per heavy atom. The lowest BCUT2D eigenvalue weighted by atomic mass is 9.89. The molecule has 0 radical (unpaired) electrons. The van der Waals surface area contributed by atoms with Crippen molar-refractivity contribution in [2.45, 2.75) is 32.7 Å². The van der Waals surface area contributed by atoms with E-state index in [1.54, 1.807) is 36.3 Å². The van der Waals surface area contributed by atoms with Crippen LogP contribution in [0.4, 0.5) is 5.69 Å². The standard InChI is InChI=1S/C22H26N4O3/c1-14-4-9-19(16-5-7-17(8-6-16)20(27)23-3)26(13-14)22(29)21(28)25-18-10-15(2)11-24-12-18/h5-8,10-12,14,19H,4,9,13H2,1-3H3,(H,23,27)(H,25,28)/t14-,19?/m0/s1. The van der Waals surface area contributed by atoms with Gasteiger partial charge in [-0.1, -0.05) is 19.1 Å². The first-order chi connectivity index (χ1) is 13.9. The van der Waals surface area contributed by atoms with Crippen LogP contribution in [-0.4, -0.2) is 41.2 Å². The number of rotatable bonds is 3. The summed E-state index contributed by atoms with van der Waals surface area (Å²) in [6, 6.07) is 8.77. The van der Waals surface area contributed by atoms with E-state index in [0.29, 0.717) is 23.7 Å². The van der Waals surface area contributed by atoms with E-state index in [2.05, 4.69) is 22.5 Å². The molecule has 1 saturated heterocycles. The number of pyridine rings is 1. The third-order valence-electron chi connectivity index (χ3n) is 5.19. The molecule has 29 heavy (non-hydrogen) atoms. The van der Waals surface area contributed by atoms with Crippen molar-refractivity contribution in [2.75, 3.05) is 18.9 Å². The van der Waals surface area contributed by atoms with Crippen molar-refractivity contribution in [3.05, 3.63) is 59.4 Å². The van der Waals surface area contributed by atoms with Gasteiger partial charge in [-0.15, -0.1) is 0 Å². The van der Waals surface area contributed by atoms with Gasteiger partial charge in [0, 0.05) is 25.4 Å². The van der Waals surface area contributed by atoms with E-state index < -0.39 is 11.8 Å². The zero-order valence-electron chi connectivity index (χ0n) is 16.9. The van der Waals surface area contributed by atoms with Gasteiger partial charge >= 0.3 is 11.8 Å². The number of aromatic nitrogens is 1. The second-order valence-corrected chi connectivity index (χ2v) is 7.56. The number of carbonyl (C=O) groups is 3. The molecule has 1 unspecified atom stereocenters.